The van der Waals surface area contributed by atoms with Gasteiger partial charge in [0.25, 0.3) is 0 Å². The Morgan fingerprint density at radius 3 is 2.63 bits per heavy atom. The summed E-state index contributed by atoms with van der Waals surface area (Å²) in [4.78, 5) is 12.2. The van der Waals surface area contributed by atoms with Gasteiger partial charge in [-0.05, 0) is 56.4 Å². The van der Waals surface area contributed by atoms with Crippen LogP contribution in [0.1, 0.15) is 42.7 Å². The molecule has 4 rings (SSSR count). The highest BCUT2D eigenvalue weighted by Gasteiger charge is 2.30. The first-order chi connectivity index (χ1) is 14.4. The number of aromatic nitrogens is 1. The normalized spacial score (nSPS) is 19.4. The molecule has 1 atom stereocenters. The summed E-state index contributed by atoms with van der Waals surface area (Å²) < 4.78 is 38.2. The number of carbonyl (C=O) groups is 1. The minimum absolute atomic E-state index is 0.0130. The molecule has 30 heavy (non-hydrogen) atoms. The fraction of sp³-hybridized carbons (Fsp3) is 0.429. The Bertz CT molecular complexity index is 1030. The Morgan fingerprint density at radius 1 is 1.20 bits per heavy atom. The Morgan fingerprint density at radius 2 is 1.97 bits per heavy atom. The third-order valence-corrected chi connectivity index (χ3v) is 6.67. The van der Waals surface area contributed by atoms with Crippen molar-refractivity contribution in [2.75, 3.05) is 18.5 Å². The van der Waals surface area contributed by atoms with Crippen LogP contribution in [-0.4, -0.2) is 38.7 Å². The van der Waals surface area contributed by atoms with Crippen LogP contribution in [0.25, 0.3) is 12.2 Å². The molecule has 2 aliphatic rings. The van der Waals surface area contributed by atoms with E-state index in [9.17, 15) is 13.2 Å². The SMILES string of the molecule is Cc1noc(/C=C\c2ccc(S(=O)(=O)NC[C@@H]3CCCO3)cc2)c1NC(=O)C1CC1. The molecule has 0 unspecified atom stereocenters. The summed E-state index contributed by atoms with van der Waals surface area (Å²) in [6, 6.07) is 6.53. The van der Waals surface area contributed by atoms with Gasteiger partial charge in [0, 0.05) is 19.1 Å². The van der Waals surface area contributed by atoms with Gasteiger partial charge in [0.1, 0.15) is 11.4 Å². The molecule has 1 aromatic heterocycles. The summed E-state index contributed by atoms with van der Waals surface area (Å²) in [6.07, 6.45) is 7.10. The smallest absolute Gasteiger partial charge is 0.240 e. The second kappa shape index (κ2) is 8.71. The van der Waals surface area contributed by atoms with E-state index in [1.54, 1.807) is 43.3 Å². The van der Waals surface area contributed by atoms with Crippen LogP contribution in [0.5, 0.6) is 0 Å². The summed E-state index contributed by atoms with van der Waals surface area (Å²) >= 11 is 0. The van der Waals surface area contributed by atoms with Crippen LogP contribution in [0.3, 0.4) is 0 Å². The van der Waals surface area contributed by atoms with E-state index in [1.165, 1.54) is 0 Å². The quantitative estimate of drug-likeness (QED) is 0.665. The van der Waals surface area contributed by atoms with Gasteiger partial charge in [0.15, 0.2) is 5.76 Å². The first-order valence-corrected chi connectivity index (χ1v) is 11.6. The van der Waals surface area contributed by atoms with E-state index in [0.29, 0.717) is 23.7 Å². The van der Waals surface area contributed by atoms with E-state index in [-0.39, 0.29) is 29.4 Å². The van der Waals surface area contributed by atoms with Crippen molar-refractivity contribution in [1.82, 2.24) is 9.88 Å². The monoisotopic (exact) mass is 431 g/mol. The van der Waals surface area contributed by atoms with Crippen molar-refractivity contribution in [1.29, 1.82) is 0 Å². The van der Waals surface area contributed by atoms with Crippen molar-refractivity contribution in [3.8, 4) is 0 Å². The Kier molecular flexibility index (Phi) is 6.03. The fourth-order valence-electron chi connectivity index (χ4n) is 3.25. The predicted molar refractivity (Wildman–Crippen MR) is 112 cm³/mol. The summed E-state index contributed by atoms with van der Waals surface area (Å²) in [5, 5.41) is 6.80. The number of nitrogens with one attached hydrogen (secondary N) is 2. The van der Waals surface area contributed by atoms with Crippen molar-refractivity contribution in [2.45, 2.75) is 43.6 Å². The zero-order chi connectivity index (χ0) is 21.1. The summed E-state index contributed by atoms with van der Waals surface area (Å²) in [6.45, 7) is 2.74. The van der Waals surface area contributed by atoms with E-state index in [1.807, 2.05) is 0 Å². The van der Waals surface area contributed by atoms with Crippen LogP contribution in [0.2, 0.25) is 0 Å². The third-order valence-electron chi connectivity index (χ3n) is 5.23. The minimum Gasteiger partial charge on any atom is -0.377 e. The molecule has 1 aliphatic heterocycles. The predicted octanol–water partition coefficient (Wildman–Crippen LogP) is 2.96. The molecule has 8 nitrogen and oxygen atoms in total. The molecule has 1 saturated carbocycles. The highest BCUT2D eigenvalue weighted by Crippen LogP contribution is 2.32. The maximum absolute atomic E-state index is 12.4. The van der Waals surface area contributed by atoms with Crippen LogP contribution in [0.15, 0.2) is 33.7 Å². The molecule has 1 aromatic carbocycles. The number of amides is 1. The lowest BCUT2D eigenvalue weighted by molar-refractivity contribution is -0.117. The molecule has 1 amide bonds. The van der Waals surface area contributed by atoms with Gasteiger partial charge < -0.3 is 14.6 Å². The molecular weight excluding hydrogens is 406 g/mol. The lowest BCUT2D eigenvalue weighted by Gasteiger charge is -2.11. The van der Waals surface area contributed by atoms with Crippen LogP contribution in [0.4, 0.5) is 5.69 Å². The van der Waals surface area contributed by atoms with Crippen LogP contribution < -0.4 is 10.0 Å². The third kappa shape index (κ3) is 4.97. The average Bonchev–Trinajstić information content (AvgIpc) is 3.36. The molecule has 2 fully saturated rings. The van der Waals surface area contributed by atoms with Gasteiger partial charge >= 0.3 is 0 Å². The number of carbonyl (C=O) groups excluding carboxylic acids is 1. The lowest BCUT2D eigenvalue weighted by atomic mass is 10.2. The van der Waals surface area contributed by atoms with Gasteiger partial charge in [-0.25, -0.2) is 13.1 Å². The summed E-state index contributed by atoms with van der Waals surface area (Å²) in [7, 11) is -3.58. The van der Waals surface area contributed by atoms with Crippen molar-refractivity contribution in [2.24, 2.45) is 5.92 Å². The number of nitrogens with zero attached hydrogens (tertiary/aromatic N) is 1. The topological polar surface area (TPSA) is 111 Å². The molecule has 0 bridgehead atoms. The zero-order valence-electron chi connectivity index (χ0n) is 16.8. The van der Waals surface area contributed by atoms with Gasteiger partial charge in [0.2, 0.25) is 15.9 Å². The van der Waals surface area contributed by atoms with Crippen LogP contribution in [0, 0.1) is 12.8 Å². The zero-order valence-corrected chi connectivity index (χ0v) is 17.6. The van der Waals surface area contributed by atoms with Gasteiger partial charge in [-0.15, -0.1) is 0 Å². The standard InChI is InChI=1S/C21H25N3O5S/c1-14-20(23-21(25)16-7-8-16)19(29-24-14)11-6-15-4-9-18(10-5-15)30(26,27)22-13-17-3-2-12-28-17/h4-6,9-11,16-17,22H,2-3,7-8,12-13H2,1H3,(H,23,25)/b11-6-/t17-/m0/s1. The first-order valence-electron chi connectivity index (χ1n) is 10.1. The van der Waals surface area contributed by atoms with Crippen LogP contribution in [-0.2, 0) is 19.6 Å². The number of hydrogen-bond donors (Lipinski definition) is 2. The Balaban J connectivity index is 1.41. The number of anilines is 1. The van der Waals surface area contributed by atoms with E-state index in [0.717, 1.165) is 31.2 Å². The van der Waals surface area contributed by atoms with E-state index in [2.05, 4.69) is 15.2 Å². The lowest BCUT2D eigenvalue weighted by Crippen LogP contribution is -2.31. The first kappa shape index (κ1) is 20.8. The number of aryl methyl sites for hydroxylation is 1. The van der Waals surface area contributed by atoms with E-state index in [4.69, 9.17) is 9.26 Å². The summed E-state index contributed by atoms with van der Waals surface area (Å²) in [5.74, 6) is 0.525. The van der Waals surface area contributed by atoms with E-state index < -0.39 is 10.0 Å². The van der Waals surface area contributed by atoms with E-state index >= 15 is 0 Å². The summed E-state index contributed by atoms with van der Waals surface area (Å²) in [5.41, 5.74) is 1.98. The Labute approximate surface area is 175 Å². The maximum Gasteiger partial charge on any atom is 0.240 e. The number of hydrogen-bond acceptors (Lipinski definition) is 6. The van der Waals surface area contributed by atoms with Crippen molar-refractivity contribution in [3.05, 3.63) is 41.3 Å². The maximum atomic E-state index is 12.4. The number of ether oxygens (including phenoxy) is 1. The highest BCUT2D eigenvalue weighted by atomic mass is 32.2. The largest absolute Gasteiger partial charge is 0.377 e. The van der Waals surface area contributed by atoms with Crippen molar-refractivity contribution < 1.29 is 22.5 Å². The van der Waals surface area contributed by atoms with Gasteiger partial charge in [-0.1, -0.05) is 23.4 Å². The van der Waals surface area contributed by atoms with Crippen molar-refractivity contribution >= 4 is 33.8 Å². The molecular formula is C21H25N3O5S. The molecule has 1 aliphatic carbocycles. The molecule has 160 valence electrons. The minimum atomic E-state index is -3.58. The average molecular weight is 432 g/mol. The number of sulfonamides is 1. The molecule has 1 saturated heterocycles. The molecule has 0 spiro atoms. The molecule has 2 aromatic rings. The Hall–Kier alpha value is -2.49. The number of benzene rings is 1. The molecule has 9 heteroatoms. The highest BCUT2D eigenvalue weighted by molar-refractivity contribution is 7.89. The molecule has 2 N–H and O–H groups in total. The van der Waals surface area contributed by atoms with Gasteiger partial charge in [-0.2, -0.15) is 0 Å². The second-order valence-electron chi connectivity index (χ2n) is 7.66. The van der Waals surface area contributed by atoms with Gasteiger partial charge in [0.05, 0.1) is 11.0 Å². The number of rotatable bonds is 8. The van der Waals surface area contributed by atoms with Crippen molar-refractivity contribution in [3.63, 3.8) is 0 Å². The van der Waals surface area contributed by atoms with Gasteiger partial charge in [-0.3, -0.25) is 4.79 Å². The van der Waals surface area contributed by atoms with Crippen LogP contribution >= 0.6 is 0 Å². The fourth-order valence-corrected chi connectivity index (χ4v) is 4.31. The molecule has 0 radical (unpaired) electrons. The molecule has 2 heterocycles. The second-order valence-corrected chi connectivity index (χ2v) is 9.43.